The average molecular weight is 794 g/mol. The van der Waals surface area contributed by atoms with Gasteiger partial charge in [-0.15, -0.1) is 0 Å². The highest BCUT2D eigenvalue weighted by atomic mass is 19.1. The van der Waals surface area contributed by atoms with Gasteiger partial charge in [-0.3, -0.25) is 0 Å². The van der Waals surface area contributed by atoms with Crippen molar-refractivity contribution in [1.82, 2.24) is 0 Å². The molecule has 294 valence electrons. The number of fused-ring (bicyclic) bond motifs is 4. The van der Waals surface area contributed by atoms with Crippen molar-refractivity contribution in [3.8, 4) is 11.1 Å². The van der Waals surface area contributed by atoms with E-state index in [9.17, 15) is 0 Å². The van der Waals surface area contributed by atoms with Gasteiger partial charge in [0.15, 0.2) is 0 Å². The van der Waals surface area contributed by atoms with Crippen molar-refractivity contribution in [3.05, 3.63) is 217 Å². The highest BCUT2D eigenvalue weighted by Gasteiger charge is 2.44. The summed E-state index contributed by atoms with van der Waals surface area (Å²) in [6.07, 6.45) is 12.7. The third kappa shape index (κ3) is 6.16. The van der Waals surface area contributed by atoms with Crippen molar-refractivity contribution in [1.29, 1.82) is 0 Å². The normalized spacial score (nSPS) is 16.2. The number of nitrogens with zero attached hydrogens (tertiary/aromatic N) is 3. The summed E-state index contributed by atoms with van der Waals surface area (Å²) in [6.45, 7) is 2.02. The number of hydrogen-bond acceptors (Lipinski definition) is 3. The molecular formula is C55H42BF2N3. The maximum absolute atomic E-state index is 16.1. The minimum Gasteiger partial charge on any atom is -0.314 e. The van der Waals surface area contributed by atoms with E-state index in [2.05, 4.69) is 155 Å². The van der Waals surface area contributed by atoms with E-state index in [0.717, 1.165) is 85.9 Å². The molecule has 0 amide bonds. The number of benzene rings is 7. The summed E-state index contributed by atoms with van der Waals surface area (Å²) < 4.78 is 31.8. The van der Waals surface area contributed by atoms with Crippen LogP contribution in [0.4, 0.5) is 54.3 Å². The first-order chi connectivity index (χ1) is 30.0. The first-order valence-electron chi connectivity index (χ1n) is 21.2. The fourth-order valence-electron chi connectivity index (χ4n) is 9.94. The zero-order chi connectivity index (χ0) is 41.0. The second-order valence-electron chi connectivity index (χ2n) is 16.3. The molecule has 1 atom stereocenters. The number of hydrogen-bond donors (Lipinski definition) is 0. The second-order valence-corrected chi connectivity index (χ2v) is 16.3. The lowest BCUT2D eigenvalue weighted by molar-refractivity contribution is 0.631. The molecule has 6 heteroatoms. The number of allylic oxidation sites excluding steroid dienone is 8. The van der Waals surface area contributed by atoms with Crippen molar-refractivity contribution >= 4 is 74.2 Å². The van der Waals surface area contributed by atoms with Crippen LogP contribution in [0.1, 0.15) is 31.7 Å². The van der Waals surface area contributed by atoms with Gasteiger partial charge in [-0.2, -0.15) is 0 Å². The van der Waals surface area contributed by atoms with E-state index in [-0.39, 0.29) is 24.3 Å². The number of halogens is 2. The van der Waals surface area contributed by atoms with E-state index in [0.29, 0.717) is 17.6 Å². The van der Waals surface area contributed by atoms with E-state index in [1.807, 2.05) is 42.5 Å². The number of para-hydroxylation sites is 4. The van der Waals surface area contributed by atoms with Gasteiger partial charge in [-0.05, 0) is 120 Å². The minimum atomic E-state index is -0.265. The molecule has 0 fully saturated rings. The van der Waals surface area contributed by atoms with Gasteiger partial charge >= 0.3 is 0 Å². The van der Waals surface area contributed by atoms with Crippen LogP contribution >= 0.6 is 0 Å². The Kier molecular flexibility index (Phi) is 9.15. The lowest BCUT2D eigenvalue weighted by atomic mass is 9.33. The zero-order valence-corrected chi connectivity index (χ0v) is 33.8. The molecule has 2 aliphatic heterocycles. The molecule has 3 nitrogen and oxygen atoms in total. The average Bonchev–Trinajstić information content (AvgIpc) is 3.31. The Morgan fingerprint density at radius 3 is 1.95 bits per heavy atom. The SMILES string of the molecule is CC1C=CC(F)=C(c2ccccc2N2c3cc(N(C4=CC=CCC4)c4ccccc4)ccc3B3c4ccccc4N(c4ccccc4-c4ccccc4F)c4cccc2c43)C1. The van der Waals surface area contributed by atoms with E-state index >= 15 is 8.78 Å². The van der Waals surface area contributed by atoms with Crippen molar-refractivity contribution in [2.24, 2.45) is 5.92 Å². The molecule has 0 radical (unpaired) electrons. The topological polar surface area (TPSA) is 9.72 Å². The first-order valence-corrected chi connectivity index (χ1v) is 21.2. The molecule has 0 saturated carbocycles. The Balaban J connectivity index is 1.19. The van der Waals surface area contributed by atoms with Gasteiger partial charge in [0.1, 0.15) is 11.6 Å². The van der Waals surface area contributed by atoms with E-state index in [4.69, 9.17) is 0 Å². The van der Waals surface area contributed by atoms with Crippen molar-refractivity contribution < 1.29 is 8.78 Å². The largest absolute Gasteiger partial charge is 0.314 e. The second kappa shape index (κ2) is 15.1. The standard InChI is InChI=1S/C55H42BF2N3/c1-37-31-34-48(58)44(35-37)43-23-10-14-27-50(43)61-53-30-16-29-52-55(53)56(46-33-32-40(36-54(46)61)59(38-17-4-2-5-18-38)39-19-6-3-7-20-39)45-24-11-15-28-51(45)60(52)49-26-13-9-22-42(49)41-21-8-12-25-47(41)57/h2-6,8-19,21-34,36-37H,7,20,35H2,1H3. The summed E-state index contributed by atoms with van der Waals surface area (Å²) in [6, 6.07) is 56.1. The fourth-order valence-corrected chi connectivity index (χ4v) is 9.94. The van der Waals surface area contributed by atoms with Crippen LogP contribution in [-0.2, 0) is 0 Å². The lowest BCUT2D eigenvalue weighted by Crippen LogP contribution is -2.61. The van der Waals surface area contributed by atoms with E-state index in [1.54, 1.807) is 12.1 Å². The summed E-state index contributed by atoms with van der Waals surface area (Å²) >= 11 is 0. The monoisotopic (exact) mass is 793 g/mol. The van der Waals surface area contributed by atoms with Gasteiger partial charge in [0.25, 0.3) is 6.71 Å². The quantitative estimate of drug-likeness (QED) is 0.149. The molecule has 7 aromatic rings. The third-order valence-corrected chi connectivity index (χ3v) is 12.6. The molecule has 0 bridgehead atoms. The van der Waals surface area contributed by atoms with Gasteiger partial charge in [-0.1, -0.05) is 128 Å². The molecule has 2 aliphatic carbocycles. The molecule has 0 spiro atoms. The lowest BCUT2D eigenvalue weighted by Gasteiger charge is -2.45. The van der Waals surface area contributed by atoms with Crippen molar-refractivity contribution in [3.63, 3.8) is 0 Å². The van der Waals surface area contributed by atoms with Gasteiger partial charge in [-0.25, -0.2) is 8.78 Å². The van der Waals surface area contributed by atoms with E-state index in [1.165, 1.54) is 11.8 Å². The van der Waals surface area contributed by atoms with Crippen molar-refractivity contribution in [2.45, 2.75) is 26.2 Å². The molecule has 0 aromatic heterocycles. The zero-order valence-electron chi connectivity index (χ0n) is 33.8. The third-order valence-electron chi connectivity index (χ3n) is 12.6. The smallest absolute Gasteiger partial charge is 0.252 e. The molecule has 0 N–H and O–H groups in total. The summed E-state index contributed by atoms with van der Waals surface area (Å²) in [7, 11) is 0. The van der Waals surface area contributed by atoms with Crippen molar-refractivity contribution in [2.75, 3.05) is 14.7 Å². The van der Waals surface area contributed by atoms with Crippen LogP contribution in [0.3, 0.4) is 0 Å². The molecular weight excluding hydrogens is 751 g/mol. The van der Waals surface area contributed by atoms with Crippen LogP contribution in [0.25, 0.3) is 16.7 Å². The van der Waals surface area contributed by atoms with Crippen LogP contribution in [0.2, 0.25) is 0 Å². The molecule has 11 rings (SSSR count). The Labute approximate surface area is 356 Å². The Hall–Kier alpha value is -7.18. The summed E-state index contributed by atoms with van der Waals surface area (Å²) in [5, 5.41) is 0. The summed E-state index contributed by atoms with van der Waals surface area (Å²) in [5.74, 6) is -0.255. The van der Waals surface area contributed by atoms with E-state index < -0.39 is 0 Å². The first kappa shape index (κ1) is 36.9. The maximum Gasteiger partial charge on any atom is 0.252 e. The Morgan fingerprint density at radius 1 is 0.574 bits per heavy atom. The predicted molar refractivity (Wildman–Crippen MR) is 252 cm³/mol. The van der Waals surface area contributed by atoms with Gasteiger partial charge in [0.05, 0.1) is 11.4 Å². The summed E-state index contributed by atoms with van der Waals surface area (Å²) in [5.41, 5.74) is 15.7. The van der Waals surface area contributed by atoms with Gasteiger partial charge in [0, 0.05) is 56.5 Å². The molecule has 4 aliphatic rings. The summed E-state index contributed by atoms with van der Waals surface area (Å²) in [4.78, 5) is 7.07. The Morgan fingerprint density at radius 2 is 1.20 bits per heavy atom. The highest BCUT2D eigenvalue weighted by molar-refractivity contribution is 7.00. The fraction of sp³-hybridized carbons (Fsp3) is 0.0909. The molecule has 61 heavy (non-hydrogen) atoms. The van der Waals surface area contributed by atoms with Crippen LogP contribution in [-0.4, -0.2) is 6.71 Å². The predicted octanol–water partition coefficient (Wildman–Crippen LogP) is 13.2. The van der Waals surface area contributed by atoms with Crippen LogP contribution in [0, 0.1) is 11.7 Å². The molecule has 7 aromatic carbocycles. The van der Waals surface area contributed by atoms with Gasteiger partial charge < -0.3 is 14.7 Å². The number of anilines is 8. The van der Waals surface area contributed by atoms with Crippen LogP contribution in [0.5, 0.6) is 0 Å². The Bertz CT molecular complexity index is 2980. The maximum atomic E-state index is 16.1. The van der Waals surface area contributed by atoms with Crippen LogP contribution < -0.4 is 31.1 Å². The minimum absolute atomic E-state index is 0.123. The molecule has 1 unspecified atom stereocenters. The van der Waals surface area contributed by atoms with Crippen LogP contribution in [0.15, 0.2) is 206 Å². The molecule has 2 heterocycles. The highest BCUT2D eigenvalue weighted by Crippen LogP contribution is 2.49. The molecule has 0 saturated heterocycles. The number of rotatable bonds is 7. The van der Waals surface area contributed by atoms with Gasteiger partial charge in [0.2, 0.25) is 0 Å².